The third-order valence-corrected chi connectivity index (χ3v) is 3.01. The largest absolute Gasteiger partial charge is 0.407 e. The number of aryl methyl sites for hydroxylation is 1. The minimum Gasteiger partial charge on any atom is -0.407 e. The van der Waals surface area contributed by atoms with E-state index in [1.165, 1.54) is 0 Å². The van der Waals surface area contributed by atoms with Gasteiger partial charge >= 0.3 is 0 Å². The summed E-state index contributed by atoms with van der Waals surface area (Å²) in [6.07, 6.45) is 1.87. The molecule has 2 fully saturated rings. The normalized spacial score (nSPS) is 19.4. The molecule has 91 valence electrons. The fourth-order valence-corrected chi connectivity index (χ4v) is 2.09. The first-order valence-corrected chi connectivity index (χ1v) is 5.95. The molecule has 0 amide bonds. The number of hydrogen-bond acceptors (Lipinski definition) is 3. The van der Waals surface area contributed by atoms with Crippen molar-refractivity contribution in [2.75, 3.05) is 31.2 Å². The molecule has 3 nitrogen and oxygen atoms in total. The molecule has 3 rings (SSSR count). The molecule has 1 aromatic rings. The Bertz CT molecular complexity index is 341. The van der Waals surface area contributed by atoms with Crippen LogP contribution in [0.25, 0.3) is 0 Å². The van der Waals surface area contributed by atoms with Crippen molar-refractivity contribution in [2.45, 2.75) is 20.8 Å². The van der Waals surface area contributed by atoms with Gasteiger partial charge in [-0.25, -0.2) is 0 Å². The Morgan fingerprint density at radius 2 is 2.00 bits per heavy atom. The van der Waals surface area contributed by atoms with Crippen molar-refractivity contribution in [1.29, 1.82) is 0 Å². The van der Waals surface area contributed by atoms with Crippen LogP contribution in [0.2, 0.25) is 0 Å². The minimum absolute atomic E-state index is 0. The maximum Gasteiger partial charge on any atom is 0.0578 e. The molecule has 1 radical (unpaired) electrons. The van der Waals surface area contributed by atoms with E-state index in [1.54, 1.807) is 0 Å². The van der Waals surface area contributed by atoms with E-state index < -0.39 is 0 Å². The van der Waals surface area contributed by atoms with Gasteiger partial charge < -0.3 is 14.6 Å². The maximum absolute atomic E-state index is 5.23. The van der Waals surface area contributed by atoms with Gasteiger partial charge in [0.05, 0.1) is 18.6 Å². The summed E-state index contributed by atoms with van der Waals surface area (Å²) in [4.78, 5) is 6.67. The van der Waals surface area contributed by atoms with Gasteiger partial charge in [-0.1, -0.05) is 27.0 Å². The van der Waals surface area contributed by atoms with Crippen molar-refractivity contribution < 1.29 is 37.4 Å². The van der Waals surface area contributed by atoms with Crippen LogP contribution in [0.3, 0.4) is 0 Å². The van der Waals surface area contributed by atoms with Crippen molar-refractivity contribution in [3.8, 4) is 0 Å². The molecule has 1 spiro atoms. The number of aromatic nitrogens is 1. The first kappa shape index (κ1) is 15.1. The molecule has 0 N–H and O–H groups in total. The molecule has 2 aliphatic rings. The minimum atomic E-state index is 0. The van der Waals surface area contributed by atoms with Gasteiger partial charge in [-0.15, -0.1) is 11.6 Å². The molecule has 0 unspecified atom stereocenters. The van der Waals surface area contributed by atoms with E-state index in [0.717, 1.165) is 37.7 Å². The third kappa shape index (κ3) is 3.07. The summed E-state index contributed by atoms with van der Waals surface area (Å²) in [7, 11) is 0. The second kappa shape index (κ2) is 6.26. The SMILES string of the molecule is CC.Cc1[c-]cc(N2CC3(COC3)C2)nc1.[Y]. The van der Waals surface area contributed by atoms with Crippen LogP contribution in [0.5, 0.6) is 0 Å². The maximum atomic E-state index is 5.23. The zero-order chi connectivity index (χ0) is 11.6. The van der Waals surface area contributed by atoms with E-state index >= 15 is 0 Å². The average molecular weight is 308 g/mol. The second-order valence-corrected chi connectivity index (χ2v) is 4.44. The van der Waals surface area contributed by atoms with Crippen LogP contribution in [0.4, 0.5) is 5.82 Å². The molecular weight excluding hydrogens is 289 g/mol. The van der Waals surface area contributed by atoms with Crippen LogP contribution >= 0.6 is 0 Å². The van der Waals surface area contributed by atoms with E-state index in [2.05, 4.69) is 16.0 Å². The van der Waals surface area contributed by atoms with Crippen molar-refractivity contribution in [3.63, 3.8) is 0 Å². The van der Waals surface area contributed by atoms with Gasteiger partial charge in [0.25, 0.3) is 0 Å². The summed E-state index contributed by atoms with van der Waals surface area (Å²) < 4.78 is 5.23. The number of hydrogen-bond donors (Lipinski definition) is 0. The number of pyridine rings is 1. The Hall–Kier alpha value is 0.0139. The molecular formula is C13H19N2OY-. The van der Waals surface area contributed by atoms with Crippen LogP contribution in [0, 0.1) is 18.4 Å². The van der Waals surface area contributed by atoms with E-state index in [4.69, 9.17) is 4.74 Å². The van der Waals surface area contributed by atoms with Crippen LogP contribution < -0.4 is 4.90 Å². The van der Waals surface area contributed by atoms with Crippen molar-refractivity contribution in [3.05, 3.63) is 23.9 Å². The topological polar surface area (TPSA) is 25.4 Å². The molecule has 4 heteroatoms. The average Bonchev–Trinajstić information content (AvgIpc) is 2.20. The van der Waals surface area contributed by atoms with Crippen LogP contribution in [0.1, 0.15) is 19.4 Å². The van der Waals surface area contributed by atoms with Gasteiger partial charge in [-0.2, -0.15) is 6.07 Å². The van der Waals surface area contributed by atoms with Gasteiger partial charge in [-0.05, 0) is 0 Å². The Labute approximate surface area is 129 Å². The predicted octanol–water partition coefficient (Wildman–Crippen LogP) is 2.05. The van der Waals surface area contributed by atoms with Crippen molar-refractivity contribution in [1.82, 2.24) is 4.98 Å². The van der Waals surface area contributed by atoms with Crippen molar-refractivity contribution >= 4 is 5.82 Å². The van der Waals surface area contributed by atoms with Crippen LogP contribution in [-0.4, -0.2) is 31.3 Å². The number of rotatable bonds is 1. The zero-order valence-electron chi connectivity index (χ0n) is 10.9. The number of nitrogens with zero attached hydrogens (tertiary/aromatic N) is 2. The zero-order valence-corrected chi connectivity index (χ0v) is 13.7. The quantitative estimate of drug-likeness (QED) is 0.743. The summed E-state index contributed by atoms with van der Waals surface area (Å²) >= 11 is 0. The summed E-state index contributed by atoms with van der Waals surface area (Å²) in [5.74, 6) is 1.05. The molecule has 1 aromatic heterocycles. The Balaban J connectivity index is 0.000000459. The number of ether oxygens (including phenoxy) is 1. The molecule has 2 aliphatic heterocycles. The molecule has 0 bridgehead atoms. The van der Waals surface area contributed by atoms with Gasteiger partial charge in [-0.3, -0.25) is 0 Å². The first-order chi connectivity index (χ1) is 7.77. The van der Waals surface area contributed by atoms with Crippen LogP contribution in [-0.2, 0) is 37.4 Å². The second-order valence-electron chi connectivity index (χ2n) is 4.44. The van der Waals surface area contributed by atoms with E-state index in [0.29, 0.717) is 5.41 Å². The smallest absolute Gasteiger partial charge is 0.0578 e. The molecule has 2 saturated heterocycles. The molecule has 17 heavy (non-hydrogen) atoms. The summed E-state index contributed by atoms with van der Waals surface area (Å²) in [6.45, 7) is 10.1. The predicted molar refractivity (Wildman–Crippen MR) is 64.6 cm³/mol. The standard InChI is InChI=1S/C11H13N2O.C2H6.Y/c1-9-2-3-10(12-4-9)13-5-11(6-13)7-14-8-11;1-2;/h3-4H,5-8H2,1H3;1-2H3;/q-1;;. The van der Waals surface area contributed by atoms with Crippen molar-refractivity contribution in [2.24, 2.45) is 5.41 Å². The first-order valence-electron chi connectivity index (χ1n) is 5.95. The Morgan fingerprint density at radius 1 is 1.35 bits per heavy atom. The molecule has 3 heterocycles. The summed E-state index contributed by atoms with van der Waals surface area (Å²) in [6, 6.07) is 5.15. The monoisotopic (exact) mass is 308 g/mol. The van der Waals surface area contributed by atoms with E-state index in [9.17, 15) is 0 Å². The van der Waals surface area contributed by atoms with Gasteiger partial charge in [0, 0.05) is 51.6 Å². The number of anilines is 1. The molecule has 0 aliphatic carbocycles. The van der Waals surface area contributed by atoms with E-state index in [1.807, 2.05) is 33.0 Å². The van der Waals surface area contributed by atoms with E-state index in [-0.39, 0.29) is 32.7 Å². The fourth-order valence-electron chi connectivity index (χ4n) is 2.09. The third-order valence-electron chi connectivity index (χ3n) is 3.01. The molecule has 0 saturated carbocycles. The van der Waals surface area contributed by atoms with Gasteiger partial charge in [0.15, 0.2) is 0 Å². The van der Waals surface area contributed by atoms with Crippen LogP contribution in [0.15, 0.2) is 12.3 Å². The fraction of sp³-hybridized carbons (Fsp3) is 0.615. The summed E-state index contributed by atoms with van der Waals surface area (Å²) in [5.41, 5.74) is 1.56. The Kier molecular flexibility index (Phi) is 5.55. The Morgan fingerprint density at radius 3 is 2.41 bits per heavy atom. The van der Waals surface area contributed by atoms with Gasteiger partial charge in [0.2, 0.25) is 0 Å². The summed E-state index contributed by atoms with van der Waals surface area (Å²) in [5, 5.41) is 0. The molecule has 0 aromatic carbocycles. The molecule has 0 atom stereocenters. The van der Waals surface area contributed by atoms with Gasteiger partial charge in [0.1, 0.15) is 0 Å².